The summed E-state index contributed by atoms with van der Waals surface area (Å²) in [5.74, 6) is 2.18. The van der Waals surface area contributed by atoms with Crippen LogP contribution in [0, 0.1) is 5.92 Å². The van der Waals surface area contributed by atoms with Gasteiger partial charge in [-0.3, -0.25) is 0 Å². The van der Waals surface area contributed by atoms with Crippen LogP contribution >= 0.6 is 0 Å². The van der Waals surface area contributed by atoms with Crippen LogP contribution in [-0.2, 0) is 0 Å². The summed E-state index contributed by atoms with van der Waals surface area (Å²) in [5, 5.41) is 4.81. The van der Waals surface area contributed by atoms with Crippen LogP contribution in [0.25, 0.3) is 32.7 Å². The van der Waals surface area contributed by atoms with E-state index in [1.807, 2.05) is 55.4 Å². The first-order chi connectivity index (χ1) is 16.8. The van der Waals surface area contributed by atoms with Gasteiger partial charge in [-0.25, -0.2) is 0 Å². The Morgan fingerprint density at radius 1 is 0.500 bits per heavy atom. The number of hydrogen-bond donors (Lipinski definition) is 0. The topological polar surface area (TPSA) is 18.5 Å². The molecule has 2 nitrogen and oxygen atoms in total. The molecule has 4 aromatic carbocycles. The molecular weight excluding hydrogens is 416 g/mol. The van der Waals surface area contributed by atoms with E-state index in [9.17, 15) is 0 Å². The van der Waals surface area contributed by atoms with E-state index < -0.39 is 0 Å². The smallest absolute Gasteiger partial charge is 0.127 e. The van der Waals surface area contributed by atoms with Gasteiger partial charge in [-0.1, -0.05) is 123 Å². The second kappa shape index (κ2) is 15.8. The largest absolute Gasteiger partial charge is 0.493 e. The van der Waals surface area contributed by atoms with E-state index in [4.69, 9.17) is 9.47 Å². The maximum atomic E-state index is 6.25. The van der Waals surface area contributed by atoms with Crippen LogP contribution in [0.1, 0.15) is 62.3 Å². The molecular formula is C32H44O2. The second-order valence-corrected chi connectivity index (χ2v) is 7.05. The zero-order chi connectivity index (χ0) is 25.5. The van der Waals surface area contributed by atoms with Crippen LogP contribution in [-0.4, -0.2) is 13.2 Å². The van der Waals surface area contributed by atoms with Gasteiger partial charge in [0.25, 0.3) is 0 Å². The Morgan fingerprint density at radius 3 is 1.24 bits per heavy atom. The molecule has 2 heteroatoms. The highest BCUT2D eigenvalue weighted by molar-refractivity contribution is 6.09. The number of benzene rings is 4. The zero-order valence-electron chi connectivity index (χ0n) is 22.7. The first-order valence-electron chi connectivity index (χ1n) is 13.1. The molecule has 0 spiro atoms. The Hall–Kier alpha value is -3.00. The first kappa shape index (κ1) is 29.0. The van der Waals surface area contributed by atoms with Gasteiger partial charge in [-0.15, -0.1) is 0 Å². The molecule has 0 radical (unpaired) electrons. The second-order valence-electron chi connectivity index (χ2n) is 7.05. The lowest BCUT2D eigenvalue weighted by atomic mass is 9.92. The van der Waals surface area contributed by atoms with Crippen molar-refractivity contribution in [2.75, 3.05) is 13.2 Å². The number of rotatable bonds is 0. The molecule has 1 heterocycles. The van der Waals surface area contributed by atoms with Crippen molar-refractivity contribution < 1.29 is 9.47 Å². The number of ether oxygens (including phenoxy) is 2. The molecule has 0 bridgehead atoms. The normalized spacial score (nSPS) is 11.8. The monoisotopic (exact) mass is 460 g/mol. The Kier molecular flexibility index (Phi) is 13.5. The molecule has 1 aliphatic heterocycles. The van der Waals surface area contributed by atoms with Crippen LogP contribution in [0.4, 0.5) is 0 Å². The molecule has 0 aliphatic carbocycles. The van der Waals surface area contributed by atoms with E-state index in [2.05, 4.69) is 79.7 Å². The highest BCUT2D eigenvalue weighted by atomic mass is 16.5. The zero-order valence-corrected chi connectivity index (χ0v) is 22.7. The van der Waals surface area contributed by atoms with Crippen LogP contribution < -0.4 is 9.47 Å². The van der Waals surface area contributed by atoms with Crippen molar-refractivity contribution in [1.82, 2.24) is 0 Å². The van der Waals surface area contributed by atoms with E-state index in [0.29, 0.717) is 19.1 Å². The van der Waals surface area contributed by atoms with Crippen molar-refractivity contribution in [1.29, 1.82) is 0 Å². The van der Waals surface area contributed by atoms with Gasteiger partial charge in [-0.2, -0.15) is 0 Å². The summed E-state index contributed by atoms with van der Waals surface area (Å²) >= 11 is 0. The van der Waals surface area contributed by atoms with Crippen molar-refractivity contribution in [3.05, 3.63) is 72.8 Å². The average molecular weight is 461 g/mol. The minimum absolute atomic E-state index is 0.326. The molecule has 0 amide bonds. The van der Waals surface area contributed by atoms with Gasteiger partial charge >= 0.3 is 0 Å². The fourth-order valence-corrected chi connectivity index (χ4v) is 3.77. The summed E-state index contributed by atoms with van der Waals surface area (Å²) in [6.07, 6.45) is 0. The highest BCUT2D eigenvalue weighted by Gasteiger charge is 2.21. The Labute approximate surface area is 207 Å². The van der Waals surface area contributed by atoms with E-state index >= 15 is 0 Å². The number of hydrogen-bond acceptors (Lipinski definition) is 2. The van der Waals surface area contributed by atoms with Crippen molar-refractivity contribution >= 4 is 21.5 Å². The van der Waals surface area contributed by atoms with E-state index in [0.717, 1.165) is 22.6 Å². The minimum atomic E-state index is 0.326. The molecule has 184 valence electrons. The fourth-order valence-electron chi connectivity index (χ4n) is 3.77. The Morgan fingerprint density at radius 2 is 0.853 bits per heavy atom. The Balaban J connectivity index is 0.000000659. The summed E-state index contributed by atoms with van der Waals surface area (Å²) < 4.78 is 12.5. The van der Waals surface area contributed by atoms with Crippen LogP contribution in [0.15, 0.2) is 72.8 Å². The molecule has 0 saturated carbocycles. The van der Waals surface area contributed by atoms with Gasteiger partial charge in [0, 0.05) is 17.0 Å². The van der Waals surface area contributed by atoms with Gasteiger partial charge in [0.2, 0.25) is 0 Å². The summed E-state index contributed by atoms with van der Waals surface area (Å²) in [4.78, 5) is 0. The predicted molar refractivity (Wildman–Crippen MR) is 152 cm³/mol. The maximum Gasteiger partial charge on any atom is 0.127 e. The quantitative estimate of drug-likeness (QED) is 0.260. The van der Waals surface area contributed by atoms with Crippen molar-refractivity contribution in [3.63, 3.8) is 0 Å². The highest BCUT2D eigenvalue weighted by Crippen LogP contribution is 2.46. The van der Waals surface area contributed by atoms with E-state index in [1.54, 1.807) is 0 Å². The van der Waals surface area contributed by atoms with Crippen LogP contribution in [0.2, 0.25) is 0 Å². The fraction of sp³-hybridized carbons (Fsp3) is 0.375. The SMILES string of the molecule is CC.CC.CC.CC.CC1COc2ccc3ccccc3c2-c2c(ccc3ccccc23)OC1. The molecule has 0 saturated heterocycles. The summed E-state index contributed by atoms with van der Waals surface area (Å²) in [5.41, 5.74) is 2.26. The van der Waals surface area contributed by atoms with Gasteiger partial charge in [-0.05, 0) is 33.7 Å². The van der Waals surface area contributed by atoms with Gasteiger partial charge in [0.1, 0.15) is 11.5 Å². The molecule has 0 atom stereocenters. The number of fused-ring (bicyclic) bond motifs is 7. The van der Waals surface area contributed by atoms with Crippen molar-refractivity contribution in [3.8, 4) is 22.6 Å². The summed E-state index contributed by atoms with van der Waals surface area (Å²) in [6.45, 7) is 19.5. The average Bonchev–Trinajstić information content (AvgIpc) is 3.01. The summed E-state index contributed by atoms with van der Waals surface area (Å²) in [7, 11) is 0. The molecule has 5 rings (SSSR count). The van der Waals surface area contributed by atoms with E-state index in [1.165, 1.54) is 21.5 Å². The van der Waals surface area contributed by atoms with Crippen LogP contribution in [0.5, 0.6) is 11.5 Å². The van der Waals surface area contributed by atoms with Crippen molar-refractivity contribution in [2.45, 2.75) is 62.3 Å². The predicted octanol–water partition coefficient (Wildman–Crippen LogP) is 10.2. The molecule has 1 aliphatic rings. The molecule has 0 N–H and O–H groups in total. The standard InChI is InChI=1S/C24H20O2.4C2H6/c1-16-14-25-21-12-10-17-6-2-4-8-19(17)23(21)24-20-9-5-3-7-18(20)11-13-22(24)26-15-16;4*1-2/h2-13,16H,14-15H2,1H3;4*1-2H3. The lowest BCUT2D eigenvalue weighted by Gasteiger charge is -2.17. The Bertz CT molecular complexity index is 1030. The van der Waals surface area contributed by atoms with Gasteiger partial charge < -0.3 is 9.47 Å². The van der Waals surface area contributed by atoms with Crippen LogP contribution in [0.3, 0.4) is 0 Å². The molecule has 4 aromatic rings. The minimum Gasteiger partial charge on any atom is -0.493 e. The van der Waals surface area contributed by atoms with E-state index in [-0.39, 0.29) is 0 Å². The summed E-state index contributed by atoms with van der Waals surface area (Å²) in [6, 6.07) is 25.4. The maximum absolute atomic E-state index is 6.25. The molecule has 0 aromatic heterocycles. The third-order valence-electron chi connectivity index (χ3n) is 5.08. The molecule has 0 fully saturated rings. The lowest BCUT2D eigenvalue weighted by Crippen LogP contribution is -2.15. The third-order valence-corrected chi connectivity index (χ3v) is 5.08. The molecule has 0 unspecified atom stereocenters. The lowest BCUT2D eigenvalue weighted by molar-refractivity contribution is 0.192. The van der Waals surface area contributed by atoms with Gasteiger partial charge in [0.05, 0.1) is 13.2 Å². The third kappa shape index (κ3) is 6.53. The molecule has 34 heavy (non-hydrogen) atoms. The first-order valence-corrected chi connectivity index (χ1v) is 13.1. The van der Waals surface area contributed by atoms with Gasteiger partial charge in [0.15, 0.2) is 0 Å². The van der Waals surface area contributed by atoms with Crippen molar-refractivity contribution in [2.24, 2.45) is 5.92 Å².